The third kappa shape index (κ3) is 20.6. The molecule has 110 valence electrons. The zero-order valence-electron chi connectivity index (χ0n) is 13.3. The van der Waals surface area contributed by atoms with Crippen LogP contribution >= 0.6 is 0 Å². The van der Waals surface area contributed by atoms with Gasteiger partial charge in [-0.1, -0.05) is 6.92 Å². The number of carbonyl (C=O) groups is 1. The molecule has 21 heavy (non-hydrogen) atoms. The normalized spacial score (nSPS) is 9.43. The van der Waals surface area contributed by atoms with Crippen LogP contribution in [0.5, 0.6) is 0 Å². The topological polar surface area (TPSA) is 43.4 Å². The molecule has 3 nitrogen and oxygen atoms in total. The summed E-state index contributed by atoms with van der Waals surface area (Å²) in [6, 6.07) is 8.93. The van der Waals surface area contributed by atoms with Crippen LogP contribution in [0.15, 0.2) is 18.2 Å². The summed E-state index contributed by atoms with van der Waals surface area (Å²) in [5.74, 6) is 0.655. The number of rotatable bonds is 2. The third-order valence-electron chi connectivity index (χ3n) is 1.74. The van der Waals surface area contributed by atoms with Gasteiger partial charge in [0, 0.05) is 72.3 Å². The van der Waals surface area contributed by atoms with Crippen LogP contribution in [0, 0.1) is 18.8 Å². The number of hydrogen-bond donors (Lipinski definition) is 0. The molecule has 4 radical (unpaired) electrons. The minimum atomic E-state index is -0.262. The zero-order chi connectivity index (χ0) is 15.4. The molecule has 0 N–H and O–H groups in total. The summed E-state index contributed by atoms with van der Waals surface area (Å²) in [6.07, 6.45) is -0.211. The molecule has 1 atom stereocenters. The summed E-state index contributed by atoms with van der Waals surface area (Å²) in [5.41, 5.74) is 1.96. The molecule has 0 aliphatic heterocycles. The molecule has 0 spiro atoms. The van der Waals surface area contributed by atoms with Gasteiger partial charge in [0.2, 0.25) is 0 Å². The van der Waals surface area contributed by atoms with E-state index in [0.717, 1.165) is 16.9 Å². The van der Waals surface area contributed by atoms with Crippen LogP contribution in [-0.2, 0) is 79.7 Å². The van der Waals surface area contributed by atoms with Crippen LogP contribution < -0.4 is 0 Å². The number of ether oxygens (including phenoxy) is 1. The molecule has 0 aliphatic carbocycles. The van der Waals surface area contributed by atoms with Crippen molar-refractivity contribution >= 4 is 20.6 Å². The molecule has 0 saturated carbocycles. The molecule has 0 aliphatic rings. The van der Waals surface area contributed by atoms with Crippen LogP contribution in [0.2, 0.25) is 0 Å². The van der Waals surface area contributed by atoms with Gasteiger partial charge in [-0.2, -0.15) is 51.5 Å². The van der Waals surface area contributed by atoms with Crippen molar-refractivity contribution in [1.82, 2.24) is 0 Å². The molecule has 1 rings (SSSR count). The van der Waals surface area contributed by atoms with E-state index in [-0.39, 0.29) is 77.5 Å². The van der Waals surface area contributed by atoms with Gasteiger partial charge in [-0.25, -0.2) is 0 Å². The van der Waals surface area contributed by atoms with Gasteiger partial charge in [0.25, 0.3) is 0 Å². The van der Waals surface area contributed by atoms with Gasteiger partial charge in [0.15, 0.2) is 0 Å². The molecule has 0 aromatic heterocycles. The van der Waals surface area contributed by atoms with Gasteiger partial charge < -0.3 is 15.3 Å². The fourth-order valence-electron chi connectivity index (χ4n) is 1.16. The van der Waals surface area contributed by atoms with Crippen molar-refractivity contribution < 1.29 is 79.7 Å². The van der Waals surface area contributed by atoms with Crippen molar-refractivity contribution in [2.75, 3.05) is 0 Å². The number of esters is 1. The first kappa shape index (κ1) is 29.6. The number of aryl methyl sites for hydroxylation is 1. The van der Waals surface area contributed by atoms with Crippen LogP contribution in [0.25, 0.3) is 0 Å². The van der Waals surface area contributed by atoms with E-state index in [9.17, 15) is 4.79 Å². The Labute approximate surface area is 180 Å². The Morgan fingerprint density at radius 3 is 2.10 bits per heavy atom. The van der Waals surface area contributed by atoms with E-state index in [2.05, 4.69) is 12.9 Å². The molecule has 1 aromatic carbocycles. The Hall–Kier alpha value is 0.633. The minimum absolute atomic E-state index is 0. The van der Waals surface area contributed by atoms with Gasteiger partial charge in [-0.05, 0) is 6.92 Å². The number of carbonyl (C=O) groups excluding carboxylic acids is 2. The fraction of sp³-hybridized carbons (Fsp3) is 0.400. The number of benzene rings is 1. The van der Waals surface area contributed by atoms with E-state index < -0.39 is 0 Å². The van der Waals surface area contributed by atoms with Crippen molar-refractivity contribution in [2.24, 2.45) is 0 Å². The summed E-state index contributed by atoms with van der Waals surface area (Å²) < 4.78 is 5.02. The SMILES string of the molecule is CC(=O)OC(C)c1[c-]c(C)ccc1.[B][C-](C)C.[CH-]=O.[Y].[Y]. The second kappa shape index (κ2) is 18.7. The molecule has 1 unspecified atom stereocenters. The minimum Gasteiger partial charge on any atom is -0.545 e. The van der Waals surface area contributed by atoms with Crippen LogP contribution in [-0.4, -0.2) is 20.6 Å². The average Bonchev–Trinajstić information content (AvgIpc) is 2.30. The Morgan fingerprint density at radius 2 is 1.76 bits per heavy atom. The van der Waals surface area contributed by atoms with Crippen molar-refractivity contribution in [3.63, 3.8) is 0 Å². The summed E-state index contributed by atoms with van der Waals surface area (Å²) >= 11 is 0. The Kier molecular flexibility index (Phi) is 26.3. The van der Waals surface area contributed by atoms with Crippen molar-refractivity contribution in [1.29, 1.82) is 0 Å². The molecule has 0 saturated heterocycles. The van der Waals surface area contributed by atoms with Gasteiger partial charge in [-0.15, -0.1) is 5.56 Å². The first-order chi connectivity index (χ1) is 8.82. The van der Waals surface area contributed by atoms with Gasteiger partial charge >= 0.3 is 5.97 Å². The van der Waals surface area contributed by atoms with E-state index in [1.807, 2.05) is 45.9 Å². The summed E-state index contributed by atoms with van der Waals surface area (Å²) in [5, 5.41) is 0. The van der Waals surface area contributed by atoms with Gasteiger partial charge in [0.1, 0.15) is 6.10 Å². The smallest absolute Gasteiger partial charge is 0.303 e. The second-order valence-corrected chi connectivity index (χ2v) is 4.12. The van der Waals surface area contributed by atoms with E-state index in [0.29, 0.717) is 0 Å². The third-order valence-corrected chi connectivity index (χ3v) is 1.74. The maximum absolute atomic E-state index is 10.7. The average molecular weight is 437 g/mol. The summed E-state index contributed by atoms with van der Waals surface area (Å²) in [6.45, 7) is 12.2. The standard InChI is InChI=1S/C11H13O2.C3H6B.CHO.2Y/c1-8-5-4-6-11(7-8)9(2)13-10(3)12;1-3(2)4;1-2;;/h4-6,9H,1-3H3;1-2H3;1H;;/q3*-1;;. The fourth-order valence-corrected chi connectivity index (χ4v) is 1.16. The van der Waals surface area contributed by atoms with E-state index >= 15 is 0 Å². The molecule has 0 bridgehead atoms. The molecule has 0 amide bonds. The predicted octanol–water partition coefficient (Wildman–Crippen LogP) is 2.87. The molecule has 6 heteroatoms. The quantitative estimate of drug-likeness (QED) is 0.310. The zero-order valence-corrected chi connectivity index (χ0v) is 19.0. The first-order valence-corrected chi connectivity index (χ1v) is 5.78. The monoisotopic (exact) mass is 437 g/mol. The molecule has 0 heterocycles. The Morgan fingerprint density at radius 1 is 1.33 bits per heavy atom. The molecule has 1 aromatic rings. The van der Waals surface area contributed by atoms with Crippen molar-refractivity contribution in [3.05, 3.63) is 41.2 Å². The van der Waals surface area contributed by atoms with Crippen LogP contribution in [0.4, 0.5) is 0 Å². The summed E-state index contributed by atoms with van der Waals surface area (Å²) in [7, 11) is 5.03. The van der Waals surface area contributed by atoms with Crippen molar-refractivity contribution in [2.45, 2.75) is 40.7 Å². The maximum Gasteiger partial charge on any atom is 0.303 e. The number of hydrogen-bond acceptors (Lipinski definition) is 3. The summed E-state index contributed by atoms with van der Waals surface area (Å²) in [4.78, 5) is 18.4. The Bertz CT molecular complexity index is 371. The van der Waals surface area contributed by atoms with Crippen LogP contribution in [0.3, 0.4) is 0 Å². The van der Waals surface area contributed by atoms with Crippen LogP contribution in [0.1, 0.15) is 44.9 Å². The second-order valence-electron chi connectivity index (χ2n) is 4.12. The van der Waals surface area contributed by atoms with Gasteiger partial charge in [0.05, 0.1) is 0 Å². The largest absolute Gasteiger partial charge is 0.545 e. The maximum atomic E-state index is 10.7. The van der Waals surface area contributed by atoms with E-state index in [1.165, 1.54) is 6.92 Å². The first-order valence-electron chi connectivity index (χ1n) is 5.78. The molecule has 0 fully saturated rings. The van der Waals surface area contributed by atoms with Crippen molar-refractivity contribution in [3.8, 4) is 0 Å². The van der Waals surface area contributed by atoms with E-state index in [4.69, 9.17) is 17.4 Å². The predicted molar refractivity (Wildman–Crippen MR) is 77.3 cm³/mol. The molecular formula is C15H20BO3Y2-3. The molecular weight excluding hydrogens is 417 g/mol. The Balaban J connectivity index is -0.000000158. The van der Waals surface area contributed by atoms with E-state index in [1.54, 1.807) is 0 Å². The van der Waals surface area contributed by atoms with Gasteiger partial charge in [-0.3, -0.25) is 11.6 Å².